The van der Waals surface area contributed by atoms with Crippen LogP contribution in [0, 0.1) is 5.92 Å². The second kappa shape index (κ2) is 6.05. The number of hydrogen-bond donors (Lipinski definition) is 0. The molecule has 0 bridgehead atoms. The molecule has 0 fully saturated rings. The number of esters is 1. The Balaban J connectivity index is 2.38. The molecule has 0 spiro atoms. The Morgan fingerprint density at radius 1 is 1.25 bits per heavy atom. The minimum Gasteiger partial charge on any atom is -0.461 e. The van der Waals surface area contributed by atoms with E-state index in [1.54, 1.807) is 6.92 Å². The van der Waals surface area contributed by atoms with Crippen molar-refractivity contribution < 1.29 is 14.3 Å². The van der Waals surface area contributed by atoms with E-state index in [4.69, 9.17) is 4.74 Å². The highest BCUT2D eigenvalue weighted by molar-refractivity contribution is 5.82. The molecule has 0 aliphatic carbocycles. The monoisotopic (exact) mass is 220 g/mol. The predicted molar refractivity (Wildman–Crippen MR) is 60.7 cm³/mol. The largest absolute Gasteiger partial charge is 0.461 e. The van der Waals surface area contributed by atoms with Crippen LogP contribution in [0.4, 0.5) is 0 Å². The molecule has 16 heavy (non-hydrogen) atoms. The lowest BCUT2D eigenvalue weighted by Crippen LogP contribution is -2.17. The topological polar surface area (TPSA) is 43.4 Å². The van der Waals surface area contributed by atoms with Gasteiger partial charge in [-0.1, -0.05) is 37.3 Å². The molecule has 0 aliphatic heterocycles. The molecule has 0 radical (unpaired) electrons. The van der Waals surface area contributed by atoms with E-state index >= 15 is 0 Å². The first-order chi connectivity index (χ1) is 7.59. The maximum atomic E-state index is 11.5. The van der Waals surface area contributed by atoms with E-state index in [0.29, 0.717) is 0 Å². The van der Waals surface area contributed by atoms with E-state index in [-0.39, 0.29) is 30.7 Å². The van der Waals surface area contributed by atoms with Crippen molar-refractivity contribution in [1.82, 2.24) is 0 Å². The van der Waals surface area contributed by atoms with Crippen molar-refractivity contribution >= 4 is 11.8 Å². The van der Waals surface area contributed by atoms with Crippen molar-refractivity contribution in [2.24, 2.45) is 5.92 Å². The van der Waals surface area contributed by atoms with Gasteiger partial charge in [0.05, 0.1) is 5.92 Å². The number of ether oxygens (including phenoxy) is 1. The fourth-order valence-corrected chi connectivity index (χ4v) is 1.39. The summed E-state index contributed by atoms with van der Waals surface area (Å²) in [4.78, 5) is 22.3. The molecule has 0 unspecified atom stereocenters. The molecule has 0 heterocycles. The molecule has 0 aliphatic rings. The summed E-state index contributed by atoms with van der Waals surface area (Å²) in [6, 6.07) is 9.47. The molecule has 0 N–H and O–H groups in total. The fraction of sp³-hybridized carbons (Fsp3) is 0.385. The summed E-state index contributed by atoms with van der Waals surface area (Å²) < 4.78 is 5.10. The Morgan fingerprint density at radius 2 is 1.88 bits per heavy atom. The normalized spacial score (nSPS) is 11.9. The van der Waals surface area contributed by atoms with E-state index in [1.807, 2.05) is 30.3 Å². The summed E-state index contributed by atoms with van der Waals surface area (Å²) >= 11 is 0. The van der Waals surface area contributed by atoms with Gasteiger partial charge in [0.1, 0.15) is 12.4 Å². The first-order valence-electron chi connectivity index (χ1n) is 5.29. The molecular weight excluding hydrogens is 204 g/mol. The molecule has 1 aromatic rings. The van der Waals surface area contributed by atoms with Gasteiger partial charge in [0.25, 0.3) is 0 Å². The van der Waals surface area contributed by atoms with Gasteiger partial charge in [-0.3, -0.25) is 4.79 Å². The smallest absolute Gasteiger partial charge is 0.309 e. The summed E-state index contributed by atoms with van der Waals surface area (Å²) in [5.41, 5.74) is 0.950. The molecule has 0 aromatic heterocycles. The molecule has 3 nitrogen and oxygen atoms in total. The van der Waals surface area contributed by atoms with Gasteiger partial charge in [0.2, 0.25) is 0 Å². The Morgan fingerprint density at radius 3 is 2.44 bits per heavy atom. The Hall–Kier alpha value is -1.64. The van der Waals surface area contributed by atoms with Crippen molar-refractivity contribution in [1.29, 1.82) is 0 Å². The Labute approximate surface area is 95.4 Å². The maximum absolute atomic E-state index is 11.5. The number of carbonyl (C=O) groups excluding carboxylic acids is 2. The standard InChI is InChI=1S/C13H16O3/c1-10(8-11(2)14)13(15)16-9-12-6-4-3-5-7-12/h3-7,10H,8-9H2,1-2H3/t10-/m0/s1. The third kappa shape index (κ3) is 4.26. The van der Waals surface area contributed by atoms with Crippen molar-refractivity contribution in [3.05, 3.63) is 35.9 Å². The van der Waals surface area contributed by atoms with Crippen LogP contribution in [0.1, 0.15) is 25.8 Å². The van der Waals surface area contributed by atoms with Gasteiger partial charge in [-0.2, -0.15) is 0 Å². The van der Waals surface area contributed by atoms with Crippen molar-refractivity contribution in [3.8, 4) is 0 Å². The summed E-state index contributed by atoms with van der Waals surface area (Å²) in [6.07, 6.45) is 0.244. The van der Waals surface area contributed by atoms with Crippen LogP contribution in [0.3, 0.4) is 0 Å². The molecular formula is C13H16O3. The van der Waals surface area contributed by atoms with E-state index in [1.165, 1.54) is 6.92 Å². The number of carbonyl (C=O) groups is 2. The predicted octanol–water partition coefficient (Wildman–Crippen LogP) is 2.35. The highest BCUT2D eigenvalue weighted by Gasteiger charge is 2.16. The molecule has 0 saturated heterocycles. The van der Waals surface area contributed by atoms with Crippen LogP contribution in [0.5, 0.6) is 0 Å². The zero-order valence-electron chi connectivity index (χ0n) is 9.60. The number of Topliss-reactive ketones (excluding diaryl/α,β-unsaturated/α-hetero) is 1. The van der Waals surface area contributed by atoms with Crippen molar-refractivity contribution in [3.63, 3.8) is 0 Å². The van der Waals surface area contributed by atoms with Gasteiger partial charge in [-0.15, -0.1) is 0 Å². The van der Waals surface area contributed by atoms with E-state index in [2.05, 4.69) is 0 Å². The lowest BCUT2D eigenvalue weighted by atomic mass is 10.1. The number of rotatable bonds is 5. The highest BCUT2D eigenvalue weighted by atomic mass is 16.5. The Bertz CT molecular complexity index is 357. The molecule has 1 aromatic carbocycles. The van der Waals surface area contributed by atoms with E-state index in [0.717, 1.165) is 5.56 Å². The summed E-state index contributed by atoms with van der Waals surface area (Å²) in [7, 11) is 0. The SMILES string of the molecule is CC(=O)C[C@H](C)C(=O)OCc1ccccc1. The molecule has 1 atom stereocenters. The maximum Gasteiger partial charge on any atom is 0.309 e. The second-order valence-corrected chi connectivity index (χ2v) is 3.90. The van der Waals surface area contributed by atoms with Crippen molar-refractivity contribution in [2.45, 2.75) is 26.9 Å². The van der Waals surface area contributed by atoms with Gasteiger partial charge in [-0.05, 0) is 12.5 Å². The minimum absolute atomic E-state index is 0.00385. The highest BCUT2D eigenvalue weighted by Crippen LogP contribution is 2.08. The van der Waals surface area contributed by atoms with Crippen molar-refractivity contribution in [2.75, 3.05) is 0 Å². The third-order valence-electron chi connectivity index (χ3n) is 2.22. The van der Waals surface area contributed by atoms with Crippen LogP contribution in [0.2, 0.25) is 0 Å². The molecule has 0 amide bonds. The zero-order valence-corrected chi connectivity index (χ0v) is 9.60. The zero-order chi connectivity index (χ0) is 12.0. The van der Waals surface area contributed by atoms with Crippen LogP contribution in [0.25, 0.3) is 0 Å². The quantitative estimate of drug-likeness (QED) is 0.715. The van der Waals surface area contributed by atoms with Gasteiger partial charge in [-0.25, -0.2) is 0 Å². The van der Waals surface area contributed by atoms with Crippen LogP contribution < -0.4 is 0 Å². The summed E-state index contributed by atoms with van der Waals surface area (Å²) in [5, 5.41) is 0. The minimum atomic E-state index is -0.360. The van der Waals surface area contributed by atoms with E-state index in [9.17, 15) is 9.59 Å². The Kier molecular flexibility index (Phi) is 4.70. The fourth-order valence-electron chi connectivity index (χ4n) is 1.39. The lowest BCUT2D eigenvalue weighted by molar-refractivity contribution is -0.150. The molecule has 0 saturated carbocycles. The molecule has 86 valence electrons. The van der Waals surface area contributed by atoms with Crippen LogP contribution in [-0.2, 0) is 20.9 Å². The number of benzene rings is 1. The van der Waals surface area contributed by atoms with E-state index < -0.39 is 0 Å². The molecule has 1 rings (SSSR count). The van der Waals surface area contributed by atoms with Gasteiger partial charge < -0.3 is 9.53 Å². The second-order valence-electron chi connectivity index (χ2n) is 3.90. The van der Waals surface area contributed by atoms with Crippen LogP contribution >= 0.6 is 0 Å². The first kappa shape index (κ1) is 12.4. The number of hydrogen-bond acceptors (Lipinski definition) is 3. The summed E-state index contributed by atoms with van der Waals surface area (Å²) in [6.45, 7) is 3.44. The van der Waals surface area contributed by atoms with Gasteiger partial charge in [0.15, 0.2) is 0 Å². The summed E-state index contributed by atoms with van der Waals surface area (Å²) in [5.74, 6) is -0.676. The van der Waals surface area contributed by atoms with Gasteiger partial charge >= 0.3 is 5.97 Å². The average Bonchev–Trinajstić information content (AvgIpc) is 2.26. The van der Waals surface area contributed by atoms with Crippen LogP contribution in [-0.4, -0.2) is 11.8 Å². The molecule has 3 heteroatoms. The first-order valence-corrected chi connectivity index (χ1v) is 5.29. The number of ketones is 1. The van der Waals surface area contributed by atoms with Crippen LogP contribution in [0.15, 0.2) is 30.3 Å². The lowest BCUT2D eigenvalue weighted by Gasteiger charge is -2.09. The average molecular weight is 220 g/mol. The van der Waals surface area contributed by atoms with Gasteiger partial charge in [0, 0.05) is 6.42 Å². The third-order valence-corrected chi connectivity index (χ3v) is 2.22.